The molecule has 322 valence electrons. The van der Waals surface area contributed by atoms with Gasteiger partial charge in [0.2, 0.25) is 27.7 Å². The first-order valence-corrected chi connectivity index (χ1v) is 22.7. The molecule has 2 amide bonds. The maximum absolute atomic E-state index is 15.0. The molecule has 14 nitrogen and oxygen atoms in total. The van der Waals surface area contributed by atoms with E-state index in [1.54, 1.807) is 32.8 Å². The van der Waals surface area contributed by atoms with Crippen molar-refractivity contribution in [2.75, 3.05) is 44.9 Å². The first-order chi connectivity index (χ1) is 28.0. The van der Waals surface area contributed by atoms with Crippen molar-refractivity contribution >= 4 is 50.2 Å². The summed E-state index contributed by atoms with van der Waals surface area (Å²) in [5, 5.41) is 1.58. The molecule has 5 aliphatic rings. The SMILES string of the molecule is COc1ccc2c(O[C@@H]3C[C@H]4C(=O)C[C@]5(C(=O)NS(=O)(=O)C6(C)CC6)C[C@H]5/C=C\CC[C@@H](C)C[C@@H](C)[C@H](CC(=O)OC(C)C)C(=O)N4C3)nc(N3CCOCC3)cc2c1. The van der Waals surface area contributed by atoms with Gasteiger partial charge in [-0.1, -0.05) is 26.0 Å². The highest BCUT2D eigenvalue weighted by atomic mass is 32.2. The van der Waals surface area contributed by atoms with E-state index in [1.165, 1.54) is 0 Å². The molecule has 59 heavy (non-hydrogen) atoms. The molecule has 15 heteroatoms. The van der Waals surface area contributed by atoms with Crippen molar-refractivity contribution in [3.05, 3.63) is 36.4 Å². The number of pyridine rings is 1. The van der Waals surface area contributed by atoms with Crippen molar-refractivity contribution in [2.45, 2.75) is 115 Å². The third kappa shape index (κ3) is 9.25. The molecule has 0 unspecified atom stereocenters. The van der Waals surface area contributed by atoms with Crippen molar-refractivity contribution in [1.29, 1.82) is 0 Å². The minimum atomic E-state index is -3.96. The lowest BCUT2D eigenvalue weighted by Crippen LogP contribution is -2.48. The summed E-state index contributed by atoms with van der Waals surface area (Å²) in [6.07, 6.45) is 6.11. The average molecular weight is 837 g/mol. The van der Waals surface area contributed by atoms with Crippen LogP contribution in [0.15, 0.2) is 36.4 Å². The van der Waals surface area contributed by atoms with E-state index >= 15 is 0 Å². The van der Waals surface area contributed by atoms with Crippen LogP contribution in [0.3, 0.4) is 0 Å². The second kappa shape index (κ2) is 17.0. The van der Waals surface area contributed by atoms with E-state index < -0.39 is 50.1 Å². The minimum absolute atomic E-state index is 0.0453. The molecular formula is C44H60N4O10S. The van der Waals surface area contributed by atoms with Gasteiger partial charge in [0, 0.05) is 31.3 Å². The number of nitrogens with one attached hydrogen (secondary N) is 1. The molecule has 2 aromatic rings. The molecule has 1 N–H and O–H groups in total. The lowest BCUT2D eigenvalue weighted by Gasteiger charge is -2.32. The standard InChI is InChI=1S/C44H60N4O10S/c1-27(2)57-39(50)23-35-29(4)19-28(3)9-7-8-10-31-24-44(31,42(52)46-59(53,54)43(5)13-14-43)25-37(49)36-22-33(26-48(36)41(35)51)58-40-34-12-11-32(55-6)20-30(34)21-38(45-40)47-15-17-56-18-16-47/h8,10-12,20-21,27-29,31,33,35-36H,7,9,13-19,22-26H2,1-6H3,(H,46,52)/b10-8-/t28-,29-,31-,33-,35+,36+,44-/m1/s1. The number of hydrogen-bond donors (Lipinski definition) is 1. The Bertz CT molecular complexity index is 2080. The Hall–Kier alpha value is -4.24. The molecular weight excluding hydrogens is 777 g/mol. The number of ether oxygens (including phenoxy) is 4. The number of ketones is 1. The van der Waals surface area contributed by atoms with Gasteiger partial charge in [0.25, 0.3) is 0 Å². The van der Waals surface area contributed by atoms with Crippen LogP contribution in [0.25, 0.3) is 10.8 Å². The van der Waals surface area contributed by atoms with Gasteiger partial charge in [-0.05, 0) is 107 Å². The largest absolute Gasteiger partial charge is 0.497 e. The summed E-state index contributed by atoms with van der Waals surface area (Å²) < 4.78 is 51.4. The van der Waals surface area contributed by atoms with Gasteiger partial charge in [-0.3, -0.25) is 23.9 Å². The number of carbonyl (C=O) groups excluding carboxylic acids is 4. The molecule has 4 heterocycles. The quantitative estimate of drug-likeness (QED) is 0.241. The van der Waals surface area contributed by atoms with Crippen LogP contribution in [-0.2, 0) is 38.7 Å². The summed E-state index contributed by atoms with van der Waals surface area (Å²) in [4.78, 5) is 65.8. The summed E-state index contributed by atoms with van der Waals surface area (Å²) in [6, 6.07) is 6.61. The number of benzene rings is 1. The van der Waals surface area contributed by atoms with E-state index in [-0.39, 0.29) is 61.4 Å². The molecule has 0 spiro atoms. The fourth-order valence-electron chi connectivity index (χ4n) is 9.10. The smallest absolute Gasteiger partial charge is 0.306 e. The molecule has 7 atom stereocenters. The monoisotopic (exact) mass is 836 g/mol. The summed E-state index contributed by atoms with van der Waals surface area (Å²) >= 11 is 0. The van der Waals surface area contributed by atoms with Gasteiger partial charge in [-0.2, -0.15) is 4.98 Å². The van der Waals surface area contributed by atoms with Crippen molar-refractivity contribution in [2.24, 2.45) is 29.1 Å². The third-order valence-electron chi connectivity index (χ3n) is 13.2. The maximum Gasteiger partial charge on any atom is 0.306 e. The summed E-state index contributed by atoms with van der Waals surface area (Å²) in [6.45, 7) is 11.7. The lowest BCUT2D eigenvalue weighted by molar-refractivity contribution is -0.154. The maximum atomic E-state index is 15.0. The second-order valence-electron chi connectivity index (χ2n) is 18.1. The van der Waals surface area contributed by atoms with E-state index in [4.69, 9.17) is 23.9 Å². The number of fused-ring (bicyclic) bond motifs is 3. The zero-order valence-corrected chi connectivity index (χ0v) is 36.1. The molecule has 1 aromatic heterocycles. The number of methoxy groups -OCH3 is 1. The van der Waals surface area contributed by atoms with E-state index in [0.717, 1.165) is 23.6 Å². The van der Waals surface area contributed by atoms with Crippen LogP contribution < -0.4 is 19.1 Å². The van der Waals surface area contributed by atoms with E-state index in [9.17, 15) is 27.6 Å². The molecule has 0 radical (unpaired) electrons. The number of hydrogen-bond acceptors (Lipinski definition) is 12. The number of sulfonamides is 1. The van der Waals surface area contributed by atoms with Crippen LogP contribution in [0, 0.1) is 29.1 Å². The van der Waals surface area contributed by atoms with Gasteiger partial charge >= 0.3 is 5.97 Å². The first-order valence-electron chi connectivity index (χ1n) is 21.3. The Balaban J connectivity index is 1.24. The van der Waals surface area contributed by atoms with Crippen molar-refractivity contribution in [3.63, 3.8) is 0 Å². The Morgan fingerprint density at radius 1 is 1.08 bits per heavy atom. The van der Waals surface area contributed by atoms with Gasteiger partial charge in [-0.15, -0.1) is 0 Å². The van der Waals surface area contributed by atoms with E-state index in [1.807, 2.05) is 43.3 Å². The Morgan fingerprint density at radius 2 is 1.83 bits per heavy atom. The minimum Gasteiger partial charge on any atom is -0.497 e. The normalized spacial score (nSPS) is 30.4. The number of Topliss-reactive ketones (excluding diaryl/α,β-unsaturated/α-hetero) is 1. The molecule has 0 bridgehead atoms. The first kappa shape index (κ1) is 42.9. The van der Waals surface area contributed by atoms with Gasteiger partial charge in [0.15, 0.2) is 5.78 Å². The van der Waals surface area contributed by atoms with Crippen LogP contribution in [0.4, 0.5) is 5.82 Å². The summed E-state index contributed by atoms with van der Waals surface area (Å²) in [5.41, 5.74) is -1.28. The number of esters is 1. The Labute approximate surface area is 347 Å². The van der Waals surface area contributed by atoms with E-state index in [0.29, 0.717) is 69.4 Å². The predicted octanol–water partition coefficient (Wildman–Crippen LogP) is 5.36. The molecule has 1 aromatic carbocycles. The molecule has 2 saturated carbocycles. The third-order valence-corrected chi connectivity index (χ3v) is 15.3. The van der Waals surface area contributed by atoms with Crippen LogP contribution in [0.2, 0.25) is 0 Å². The zero-order valence-electron chi connectivity index (χ0n) is 35.2. The zero-order chi connectivity index (χ0) is 42.3. The fourth-order valence-corrected chi connectivity index (χ4v) is 10.4. The summed E-state index contributed by atoms with van der Waals surface area (Å²) in [7, 11) is -2.36. The Morgan fingerprint density at radius 3 is 2.53 bits per heavy atom. The lowest BCUT2D eigenvalue weighted by atomic mass is 9.82. The number of rotatable bonds is 10. The van der Waals surface area contributed by atoms with Gasteiger partial charge in [0.05, 0.1) is 61.5 Å². The number of morpholine rings is 1. The number of amides is 2. The number of carbonyl (C=O) groups is 4. The average Bonchev–Trinajstić information content (AvgIpc) is 4.08. The highest BCUT2D eigenvalue weighted by Gasteiger charge is 2.62. The van der Waals surface area contributed by atoms with Crippen LogP contribution >= 0.6 is 0 Å². The van der Waals surface area contributed by atoms with Gasteiger partial charge in [0.1, 0.15) is 17.7 Å². The van der Waals surface area contributed by atoms with Crippen molar-refractivity contribution < 1.29 is 46.5 Å². The van der Waals surface area contributed by atoms with Crippen LogP contribution in [0.1, 0.15) is 92.4 Å². The van der Waals surface area contributed by atoms with Crippen LogP contribution in [-0.4, -0.2) is 105 Å². The Kier molecular flexibility index (Phi) is 12.4. The van der Waals surface area contributed by atoms with Crippen molar-refractivity contribution in [3.8, 4) is 11.6 Å². The van der Waals surface area contributed by atoms with Crippen LogP contribution in [0.5, 0.6) is 11.6 Å². The number of allylic oxidation sites excluding steroid dienone is 2. The molecule has 3 aliphatic heterocycles. The predicted molar refractivity (Wildman–Crippen MR) is 221 cm³/mol. The molecule has 7 rings (SSSR count). The fraction of sp³-hybridized carbons (Fsp3) is 0.659. The highest BCUT2D eigenvalue weighted by Crippen LogP contribution is 2.58. The molecule has 2 aliphatic carbocycles. The van der Waals surface area contributed by atoms with Crippen molar-refractivity contribution in [1.82, 2.24) is 14.6 Å². The second-order valence-corrected chi connectivity index (χ2v) is 20.3. The number of aromatic nitrogens is 1. The topological polar surface area (TPSA) is 171 Å². The summed E-state index contributed by atoms with van der Waals surface area (Å²) in [5.74, 6) is -1.26. The van der Waals surface area contributed by atoms with Gasteiger partial charge < -0.3 is 28.7 Å². The van der Waals surface area contributed by atoms with E-state index in [2.05, 4.69) is 16.5 Å². The number of nitrogens with zero attached hydrogens (tertiary/aromatic N) is 3. The molecule has 4 fully saturated rings. The molecule has 2 saturated heterocycles. The van der Waals surface area contributed by atoms with Gasteiger partial charge in [-0.25, -0.2) is 8.42 Å². The highest BCUT2D eigenvalue weighted by molar-refractivity contribution is 7.91. The number of anilines is 1.